The van der Waals surface area contributed by atoms with Gasteiger partial charge >= 0.3 is 0 Å². The van der Waals surface area contributed by atoms with Crippen LogP contribution in [0.25, 0.3) is 0 Å². The van der Waals surface area contributed by atoms with Crippen LogP contribution in [-0.4, -0.2) is 24.0 Å². The number of anilines is 1. The fourth-order valence-corrected chi connectivity index (χ4v) is 1.98. The van der Waals surface area contributed by atoms with Crippen LogP contribution in [-0.2, 0) is 0 Å². The number of rotatable bonds is 1. The van der Waals surface area contributed by atoms with E-state index in [-0.39, 0.29) is 31.1 Å². The first-order valence-corrected chi connectivity index (χ1v) is 5.58. The molecule has 17 heavy (non-hydrogen) atoms. The second kappa shape index (κ2) is 4.46. The zero-order valence-corrected chi connectivity index (χ0v) is 9.71. The summed E-state index contributed by atoms with van der Waals surface area (Å²) in [5.41, 5.74) is 0.386. The second-order valence-electron chi connectivity index (χ2n) is 3.99. The number of hydrogen-bond donors (Lipinski definition) is 0. The highest BCUT2D eigenvalue weighted by Gasteiger charge is 2.34. The van der Waals surface area contributed by atoms with Crippen LogP contribution in [0.2, 0.25) is 5.15 Å². The summed E-state index contributed by atoms with van der Waals surface area (Å²) in [6.07, 6.45) is -0.383. The molecule has 90 valence electrons. The van der Waals surface area contributed by atoms with E-state index < -0.39 is 5.92 Å². The maximum Gasteiger partial charge on any atom is 0.251 e. The number of piperidine rings is 1. The van der Waals surface area contributed by atoms with E-state index in [0.717, 1.165) is 0 Å². The minimum absolute atomic E-state index is 0.191. The Morgan fingerprint density at radius 1 is 1.35 bits per heavy atom. The van der Waals surface area contributed by atoms with Crippen LogP contribution in [0.5, 0.6) is 0 Å². The third-order valence-corrected chi connectivity index (χ3v) is 2.92. The summed E-state index contributed by atoms with van der Waals surface area (Å²) in [6, 6.07) is 4.98. The molecule has 0 amide bonds. The highest BCUT2D eigenvalue weighted by molar-refractivity contribution is 6.29. The van der Waals surface area contributed by atoms with Crippen LogP contribution in [0, 0.1) is 11.3 Å². The van der Waals surface area contributed by atoms with E-state index in [0.29, 0.717) is 11.4 Å². The number of hydrogen-bond acceptors (Lipinski definition) is 3. The SMILES string of the molecule is N#Cc1cc(Cl)nc(N2CCC(F)(F)CC2)c1. The molecule has 0 aliphatic carbocycles. The lowest BCUT2D eigenvalue weighted by molar-refractivity contribution is -0.0221. The van der Waals surface area contributed by atoms with Gasteiger partial charge in [0.15, 0.2) is 0 Å². The third kappa shape index (κ3) is 2.83. The van der Waals surface area contributed by atoms with Gasteiger partial charge in [0, 0.05) is 25.9 Å². The molecule has 0 aromatic carbocycles. The Hall–Kier alpha value is -1.41. The van der Waals surface area contributed by atoms with Crippen molar-refractivity contribution in [3.05, 3.63) is 22.8 Å². The van der Waals surface area contributed by atoms with Gasteiger partial charge in [-0.05, 0) is 12.1 Å². The van der Waals surface area contributed by atoms with Crippen molar-refractivity contribution in [2.24, 2.45) is 0 Å². The number of aromatic nitrogens is 1. The van der Waals surface area contributed by atoms with Crippen LogP contribution in [0.4, 0.5) is 14.6 Å². The molecule has 0 unspecified atom stereocenters. The van der Waals surface area contributed by atoms with Gasteiger partial charge in [0.05, 0.1) is 11.6 Å². The Morgan fingerprint density at radius 2 is 2.00 bits per heavy atom. The molecule has 1 aromatic rings. The summed E-state index contributed by atoms with van der Waals surface area (Å²) < 4.78 is 26.0. The molecule has 0 atom stereocenters. The molecule has 1 aliphatic rings. The van der Waals surface area contributed by atoms with Crippen molar-refractivity contribution in [1.29, 1.82) is 5.26 Å². The van der Waals surface area contributed by atoms with Gasteiger partial charge in [-0.15, -0.1) is 0 Å². The Kier molecular flexibility index (Phi) is 3.16. The minimum Gasteiger partial charge on any atom is -0.356 e. The summed E-state index contributed by atoms with van der Waals surface area (Å²) >= 11 is 5.77. The van der Waals surface area contributed by atoms with Gasteiger partial charge in [-0.1, -0.05) is 11.6 Å². The van der Waals surface area contributed by atoms with Gasteiger partial charge in [-0.2, -0.15) is 5.26 Å². The molecule has 0 bridgehead atoms. The van der Waals surface area contributed by atoms with Gasteiger partial charge in [-0.25, -0.2) is 13.8 Å². The zero-order chi connectivity index (χ0) is 12.5. The molecular formula is C11H10ClF2N3. The van der Waals surface area contributed by atoms with Crippen LogP contribution in [0.1, 0.15) is 18.4 Å². The lowest BCUT2D eigenvalue weighted by atomic mass is 10.1. The Morgan fingerprint density at radius 3 is 2.59 bits per heavy atom. The first-order valence-electron chi connectivity index (χ1n) is 5.21. The molecule has 0 saturated carbocycles. The maximum atomic E-state index is 13.0. The van der Waals surface area contributed by atoms with Gasteiger partial charge in [-0.3, -0.25) is 0 Å². The zero-order valence-electron chi connectivity index (χ0n) is 8.96. The second-order valence-corrected chi connectivity index (χ2v) is 4.38. The Bertz CT molecular complexity index is 460. The number of halogens is 3. The smallest absolute Gasteiger partial charge is 0.251 e. The number of alkyl halides is 2. The van der Waals surface area contributed by atoms with Crippen LogP contribution < -0.4 is 4.90 Å². The lowest BCUT2D eigenvalue weighted by Crippen LogP contribution is -2.39. The number of nitriles is 1. The van der Waals surface area contributed by atoms with E-state index in [1.54, 1.807) is 11.0 Å². The van der Waals surface area contributed by atoms with E-state index in [2.05, 4.69) is 4.98 Å². The minimum atomic E-state index is -2.59. The van der Waals surface area contributed by atoms with Crippen molar-refractivity contribution in [3.8, 4) is 6.07 Å². The van der Waals surface area contributed by atoms with E-state index in [9.17, 15) is 8.78 Å². The largest absolute Gasteiger partial charge is 0.356 e. The Balaban J connectivity index is 2.19. The first kappa shape index (κ1) is 12.1. The molecule has 3 nitrogen and oxygen atoms in total. The van der Waals surface area contributed by atoms with Crippen molar-refractivity contribution in [3.63, 3.8) is 0 Å². The van der Waals surface area contributed by atoms with Gasteiger partial charge in [0.2, 0.25) is 0 Å². The van der Waals surface area contributed by atoms with E-state index in [4.69, 9.17) is 16.9 Å². The third-order valence-electron chi connectivity index (χ3n) is 2.73. The normalized spacial score (nSPS) is 18.8. The highest BCUT2D eigenvalue weighted by Crippen LogP contribution is 2.30. The first-order chi connectivity index (χ1) is 8.00. The van der Waals surface area contributed by atoms with Crippen molar-refractivity contribution in [2.45, 2.75) is 18.8 Å². The fourth-order valence-electron chi connectivity index (χ4n) is 1.77. The Labute approximate surface area is 103 Å². The number of pyridine rings is 1. The summed E-state index contributed by atoms with van der Waals surface area (Å²) in [7, 11) is 0. The summed E-state index contributed by atoms with van der Waals surface area (Å²) in [6.45, 7) is 0.455. The molecule has 0 N–H and O–H groups in total. The van der Waals surface area contributed by atoms with Gasteiger partial charge in [0.1, 0.15) is 11.0 Å². The molecule has 1 aromatic heterocycles. The molecule has 2 rings (SSSR count). The quantitative estimate of drug-likeness (QED) is 0.727. The molecule has 6 heteroatoms. The molecule has 2 heterocycles. The molecule has 0 spiro atoms. The van der Waals surface area contributed by atoms with E-state index >= 15 is 0 Å². The average Bonchev–Trinajstić information content (AvgIpc) is 2.28. The highest BCUT2D eigenvalue weighted by atomic mass is 35.5. The number of nitrogens with zero attached hydrogens (tertiary/aromatic N) is 3. The maximum absolute atomic E-state index is 13.0. The topological polar surface area (TPSA) is 39.9 Å². The van der Waals surface area contributed by atoms with Crippen LogP contribution in [0.3, 0.4) is 0 Å². The van der Waals surface area contributed by atoms with Crippen molar-refractivity contribution in [1.82, 2.24) is 4.98 Å². The molecule has 0 radical (unpaired) electrons. The lowest BCUT2D eigenvalue weighted by Gasteiger charge is -2.32. The predicted octanol–water partition coefficient (Wildman–Crippen LogP) is 2.84. The standard InChI is InChI=1S/C11H10ClF2N3/c12-9-5-8(7-15)6-10(16-9)17-3-1-11(13,14)2-4-17/h5-6H,1-4H2. The van der Waals surface area contributed by atoms with Gasteiger partial charge in [0.25, 0.3) is 5.92 Å². The van der Waals surface area contributed by atoms with Crippen molar-refractivity contribution >= 4 is 17.4 Å². The van der Waals surface area contributed by atoms with Gasteiger partial charge < -0.3 is 4.90 Å². The predicted molar refractivity (Wildman–Crippen MR) is 60.4 cm³/mol. The van der Waals surface area contributed by atoms with E-state index in [1.165, 1.54) is 6.07 Å². The van der Waals surface area contributed by atoms with Crippen LogP contribution >= 0.6 is 11.6 Å². The summed E-state index contributed by atoms with van der Waals surface area (Å²) in [4.78, 5) is 5.77. The van der Waals surface area contributed by atoms with Crippen molar-refractivity contribution < 1.29 is 8.78 Å². The van der Waals surface area contributed by atoms with Crippen molar-refractivity contribution in [2.75, 3.05) is 18.0 Å². The summed E-state index contributed by atoms with van der Waals surface area (Å²) in [5.74, 6) is -2.10. The fraction of sp³-hybridized carbons (Fsp3) is 0.455. The van der Waals surface area contributed by atoms with Crippen LogP contribution in [0.15, 0.2) is 12.1 Å². The molecular weight excluding hydrogens is 248 g/mol. The molecule has 1 saturated heterocycles. The molecule has 1 aliphatic heterocycles. The average molecular weight is 258 g/mol. The molecule has 1 fully saturated rings. The monoisotopic (exact) mass is 257 g/mol. The van der Waals surface area contributed by atoms with E-state index in [1.807, 2.05) is 6.07 Å². The summed E-state index contributed by atoms with van der Waals surface area (Å²) in [5, 5.41) is 9.00.